The highest BCUT2D eigenvalue weighted by Crippen LogP contribution is 2.34. The molecule has 168 valence electrons. The second-order valence-corrected chi connectivity index (χ2v) is 7.43. The Kier molecular flexibility index (Phi) is 6.35. The predicted molar refractivity (Wildman–Crippen MR) is 120 cm³/mol. The Morgan fingerprint density at radius 3 is 2.55 bits per heavy atom. The first-order chi connectivity index (χ1) is 15.9. The molecule has 2 amide bonds. The van der Waals surface area contributed by atoms with Gasteiger partial charge in [0.25, 0.3) is 5.91 Å². The molecule has 0 aromatic heterocycles. The fourth-order valence-electron chi connectivity index (χ4n) is 3.42. The van der Waals surface area contributed by atoms with Crippen LogP contribution in [0.4, 0.5) is 15.8 Å². The van der Waals surface area contributed by atoms with Crippen molar-refractivity contribution in [3.8, 4) is 11.5 Å². The summed E-state index contributed by atoms with van der Waals surface area (Å²) in [5, 5.41) is 2.78. The van der Waals surface area contributed by atoms with E-state index in [0.717, 1.165) is 0 Å². The van der Waals surface area contributed by atoms with Crippen LogP contribution < -0.4 is 19.7 Å². The number of anilines is 2. The first kappa shape index (κ1) is 22.0. The van der Waals surface area contributed by atoms with Crippen LogP contribution in [0.3, 0.4) is 0 Å². The number of halogens is 1. The topological polar surface area (TPSA) is 84.9 Å². The number of fused-ring (bicyclic) bond motifs is 1. The van der Waals surface area contributed by atoms with Crippen molar-refractivity contribution in [2.75, 3.05) is 23.4 Å². The van der Waals surface area contributed by atoms with Crippen LogP contribution in [0.2, 0.25) is 0 Å². The summed E-state index contributed by atoms with van der Waals surface area (Å²) in [6.07, 6.45) is 0. The van der Waals surface area contributed by atoms with E-state index in [1.807, 2.05) is 6.07 Å². The maximum Gasteiger partial charge on any atom is 0.265 e. The molecule has 1 aliphatic rings. The van der Waals surface area contributed by atoms with Gasteiger partial charge in [-0.05, 0) is 61.5 Å². The number of hydrogen-bond donors (Lipinski definition) is 1. The molecule has 0 spiro atoms. The second-order valence-electron chi connectivity index (χ2n) is 7.43. The Morgan fingerprint density at radius 1 is 1.09 bits per heavy atom. The Labute approximate surface area is 189 Å². The lowest BCUT2D eigenvalue weighted by Gasteiger charge is -2.33. The van der Waals surface area contributed by atoms with Crippen LogP contribution in [0.25, 0.3) is 0 Å². The van der Waals surface area contributed by atoms with E-state index in [1.165, 1.54) is 35.2 Å². The third-order valence-electron chi connectivity index (χ3n) is 5.15. The zero-order valence-corrected chi connectivity index (χ0v) is 17.8. The molecular weight excluding hydrogens is 427 g/mol. The molecule has 0 unspecified atom stereocenters. The summed E-state index contributed by atoms with van der Waals surface area (Å²) in [6, 6.07) is 18.1. The lowest BCUT2D eigenvalue weighted by Crippen LogP contribution is -2.49. The first-order valence-corrected chi connectivity index (χ1v) is 10.3. The number of para-hydroxylation sites is 1. The molecule has 33 heavy (non-hydrogen) atoms. The van der Waals surface area contributed by atoms with Gasteiger partial charge in [0.15, 0.2) is 19.0 Å². The number of Topliss-reactive ketones (excluding diaryl/α,β-unsaturated/α-hetero) is 1. The van der Waals surface area contributed by atoms with E-state index >= 15 is 0 Å². The van der Waals surface area contributed by atoms with Gasteiger partial charge in [0.05, 0.1) is 5.69 Å². The molecular formula is C25H21FN2O5. The summed E-state index contributed by atoms with van der Waals surface area (Å²) < 4.78 is 23.9. The normalized spacial score (nSPS) is 13.5. The number of ether oxygens (including phenoxy) is 2. The molecule has 1 heterocycles. The zero-order chi connectivity index (χ0) is 23.4. The summed E-state index contributed by atoms with van der Waals surface area (Å²) in [4.78, 5) is 39.5. The zero-order valence-electron chi connectivity index (χ0n) is 17.8. The number of ketones is 1. The largest absolute Gasteiger partial charge is 0.485 e. The Bertz CT molecular complexity index is 1180. The third-order valence-corrected chi connectivity index (χ3v) is 5.15. The van der Waals surface area contributed by atoms with Crippen LogP contribution in [-0.4, -0.2) is 36.9 Å². The smallest absolute Gasteiger partial charge is 0.265 e. The highest BCUT2D eigenvalue weighted by molar-refractivity contribution is 6.08. The predicted octanol–water partition coefficient (Wildman–Crippen LogP) is 3.84. The van der Waals surface area contributed by atoms with Crippen molar-refractivity contribution >= 4 is 29.0 Å². The number of carbonyl (C=O) groups is 3. The Morgan fingerprint density at radius 2 is 1.82 bits per heavy atom. The van der Waals surface area contributed by atoms with E-state index in [2.05, 4.69) is 5.32 Å². The maximum atomic E-state index is 13.0. The van der Waals surface area contributed by atoms with Crippen LogP contribution in [0.1, 0.15) is 17.3 Å². The molecule has 1 N–H and O–H groups in total. The number of nitrogens with zero attached hydrogens (tertiary/aromatic N) is 1. The average molecular weight is 448 g/mol. The van der Waals surface area contributed by atoms with Crippen molar-refractivity contribution in [2.24, 2.45) is 0 Å². The molecule has 1 atom stereocenters. The van der Waals surface area contributed by atoms with Crippen LogP contribution >= 0.6 is 0 Å². The third kappa shape index (κ3) is 5.01. The van der Waals surface area contributed by atoms with E-state index in [4.69, 9.17) is 9.47 Å². The van der Waals surface area contributed by atoms with Gasteiger partial charge < -0.3 is 14.8 Å². The quantitative estimate of drug-likeness (QED) is 0.555. The Balaban J connectivity index is 1.52. The van der Waals surface area contributed by atoms with Gasteiger partial charge in [-0.2, -0.15) is 0 Å². The van der Waals surface area contributed by atoms with Crippen LogP contribution in [0, 0.1) is 5.82 Å². The van der Waals surface area contributed by atoms with Gasteiger partial charge in [0.1, 0.15) is 23.4 Å². The second kappa shape index (κ2) is 9.52. The molecule has 4 rings (SSSR count). The van der Waals surface area contributed by atoms with E-state index < -0.39 is 17.8 Å². The number of nitrogens with one attached hydrogen (secondary N) is 1. The number of rotatable bonds is 7. The molecule has 8 heteroatoms. The van der Waals surface area contributed by atoms with E-state index in [-0.39, 0.29) is 30.5 Å². The van der Waals surface area contributed by atoms with Gasteiger partial charge in [-0.1, -0.05) is 18.2 Å². The number of carbonyl (C=O) groups excluding carboxylic acids is 3. The van der Waals surface area contributed by atoms with Gasteiger partial charge in [-0.15, -0.1) is 0 Å². The van der Waals surface area contributed by atoms with Gasteiger partial charge in [0, 0.05) is 11.3 Å². The highest BCUT2D eigenvalue weighted by atomic mass is 19.1. The number of benzene rings is 3. The van der Waals surface area contributed by atoms with Crippen LogP contribution in [0.5, 0.6) is 11.5 Å². The lowest BCUT2D eigenvalue weighted by molar-refractivity contribution is -0.125. The summed E-state index contributed by atoms with van der Waals surface area (Å²) in [5.41, 5.74) is 1.22. The molecule has 0 aliphatic carbocycles. The monoisotopic (exact) mass is 448 g/mol. The maximum absolute atomic E-state index is 13.0. The summed E-state index contributed by atoms with van der Waals surface area (Å²) >= 11 is 0. The SMILES string of the molecule is C[C@H](C(=O)Nc1ccccc1)N1C(=O)COc2ccc(C(=O)COc3ccc(F)cc3)cc21. The lowest BCUT2D eigenvalue weighted by atomic mass is 10.1. The van der Waals surface area contributed by atoms with Crippen LogP contribution in [0.15, 0.2) is 72.8 Å². The number of amides is 2. The van der Waals surface area contributed by atoms with E-state index in [0.29, 0.717) is 22.9 Å². The Hall–Kier alpha value is -4.20. The van der Waals surface area contributed by atoms with Gasteiger partial charge >= 0.3 is 0 Å². The fraction of sp³-hybridized carbons (Fsp3) is 0.160. The van der Waals surface area contributed by atoms with Crippen molar-refractivity contribution in [2.45, 2.75) is 13.0 Å². The summed E-state index contributed by atoms with van der Waals surface area (Å²) in [5.74, 6) is -0.775. The van der Waals surface area contributed by atoms with Gasteiger partial charge in [0.2, 0.25) is 5.91 Å². The summed E-state index contributed by atoms with van der Waals surface area (Å²) in [7, 11) is 0. The molecule has 7 nitrogen and oxygen atoms in total. The van der Waals surface area contributed by atoms with Crippen molar-refractivity contribution in [1.82, 2.24) is 0 Å². The van der Waals surface area contributed by atoms with Gasteiger partial charge in [-0.25, -0.2) is 4.39 Å². The van der Waals surface area contributed by atoms with E-state index in [9.17, 15) is 18.8 Å². The van der Waals surface area contributed by atoms with Crippen molar-refractivity contribution in [3.05, 3.63) is 84.2 Å². The molecule has 0 fully saturated rings. The molecule has 0 saturated heterocycles. The average Bonchev–Trinajstić information content (AvgIpc) is 2.83. The fourth-order valence-corrected chi connectivity index (χ4v) is 3.42. The minimum atomic E-state index is -0.846. The summed E-state index contributed by atoms with van der Waals surface area (Å²) in [6.45, 7) is 1.12. The molecule has 0 saturated carbocycles. The first-order valence-electron chi connectivity index (χ1n) is 10.3. The molecule has 0 radical (unpaired) electrons. The van der Waals surface area contributed by atoms with Crippen molar-refractivity contribution in [1.29, 1.82) is 0 Å². The molecule has 3 aromatic carbocycles. The van der Waals surface area contributed by atoms with Gasteiger partial charge in [-0.3, -0.25) is 19.3 Å². The minimum Gasteiger partial charge on any atom is -0.485 e. The molecule has 3 aromatic rings. The van der Waals surface area contributed by atoms with E-state index in [1.54, 1.807) is 43.3 Å². The minimum absolute atomic E-state index is 0.211. The van der Waals surface area contributed by atoms with Crippen molar-refractivity contribution < 1.29 is 28.2 Å². The standard InChI is InChI=1S/C25H21FN2O5/c1-16(25(31)27-19-5-3-2-4-6-19)28-21-13-17(7-12-23(21)33-15-24(28)30)22(29)14-32-20-10-8-18(26)9-11-20/h2-13,16H,14-15H2,1H3,(H,27,31)/t16-/m1/s1. The highest BCUT2D eigenvalue weighted by Gasteiger charge is 2.33. The van der Waals surface area contributed by atoms with Crippen molar-refractivity contribution in [3.63, 3.8) is 0 Å². The molecule has 1 aliphatic heterocycles. The van der Waals surface area contributed by atoms with Crippen LogP contribution in [-0.2, 0) is 9.59 Å². The molecule has 0 bridgehead atoms. The number of hydrogen-bond acceptors (Lipinski definition) is 5.